The van der Waals surface area contributed by atoms with E-state index in [9.17, 15) is 9.90 Å². The van der Waals surface area contributed by atoms with Crippen molar-refractivity contribution in [1.29, 1.82) is 0 Å². The minimum Gasteiger partial charge on any atom is -0.497 e. The van der Waals surface area contributed by atoms with Crippen molar-refractivity contribution in [2.75, 3.05) is 14.2 Å². The van der Waals surface area contributed by atoms with Gasteiger partial charge in [-0.15, -0.1) is 0 Å². The van der Waals surface area contributed by atoms with E-state index in [0.717, 1.165) is 27.6 Å². The Morgan fingerprint density at radius 2 is 1.77 bits per heavy atom. The van der Waals surface area contributed by atoms with Gasteiger partial charge in [-0.3, -0.25) is 4.79 Å². The summed E-state index contributed by atoms with van der Waals surface area (Å²) in [6.07, 6.45) is 0. The molecule has 1 heterocycles. The molecule has 0 aliphatic rings. The molecule has 0 saturated carbocycles. The van der Waals surface area contributed by atoms with Crippen LogP contribution in [0.2, 0.25) is 0 Å². The molecular weight excluding hydrogens is 380 g/mol. The van der Waals surface area contributed by atoms with E-state index in [1.807, 2.05) is 49.4 Å². The van der Waals surface area contributed by atoms with Crippen molar-refractivity contribution in [3.05, 3.63) is 83.1 Å². The second-order valence-electron chi connectivity index (χ2n) is 7.02. The van der Waals surface area contributed by atoms with Gasteiger partial charge in [0.25, 0.3) is 0 Å². The average Bonchev–Trinajstić information content (AvgIpc) is 3.13. The van der Waals surface area contributed by atoms with Gasteiger partial charge in [0.1, 0.15) is 17.1 Å². The normalized spacial score (nSPS) is 10.9. The first-order valence-corrected chi connectivity index (χ1v) is 9.55. The molecule has 0 amide bonds. The highest BCUT2D eigenvalue weighted by Gasteiger charge is 2.23. The molecule has 0 atom stereocenters. The molecule has 3 aromatic carbocycles. The molecule has 0 bridgehead atoms. The van der Waals surface area contributed by atoms with Crippen molar-refractivity contribution < 1.29 is 23.8 Å². The largest absolute Gasteiger partial charge is 0.497 e. The number of carbonyl (C=O) groups excluding carboxylic acids is 1. The fourth-order valence-corrected chi connectivity index (χ4v) is 3.58. The van der Waals surface area contributed by atoms with E-state index in [1.165, 1.54) is 7.11 Å². The summed E-state index contributed by atoms with van der Waals surface area (Å²) in [6, 6.07) is 18.6. The highest BCUT2D eigenvalue weighted by Crippen LogP contribution is 2.33. The minimum atomic E-state index is -0.243. The van der Waals surface area contributed by atoms with Crippen LogP contribution in [0.1, 0.15) is 27.2 Å². The number of ketones is 1. The van der Waals surface area contributed by atoms with E-state index < -0.39 is 0 Å². The Hall–Kier alpha value is -3.57. The maximum Gasteiger partial charge on any atom is 0.232 e. The Morgan fingerprint density at radius 3 is 2.50 bits per heavy atom. The molecule has 0 spiro atoms. The maximum atomic E-state index is 13.2. The predicted octanol–water partition coefficient (Wildman–Crippen LogP) is 5.15. The van der Waals surface area contributed by atoms with Crippen LogP contribution in [0.3, 0.4) is 0 Å². The number of aryl methyl sites for hydroxylation is 1. The first-order valence-electron chi connectivity index (χ1n) is 9.55. The summed E-state index contributed by atoms with van der Waals surface area (Å²) in [4.78, 5) is 13.2. The van der Waals surface area contributed by atoms with Gasteiger partial charge in [0.15, 0.2) is 5.76 Å². The molecule has 1 aromatic heterocycles. The van der Waals surface area contributed by atoms with Crippen molar-refractivity contribution in [3.63, 3.8) is 0 Å². The summed E-state index contributed by atoms with van der Waals surface area (Å²) < 4.78 is 16.6. The molecule has 0 unspecified atom stereocenters. The zero-order valence-corrected chi connectivity index (χ0v) is 17.1. The monoisotopic (exact) mass is 402 g/mol. The number of hydrogen-bond acceptors (Lipinski definition) is 5. The van der Waals surface area contributed by atoms with Gasteiger partial charge in [-0.05, 0) is 47.9 Å². The molecule has 5 heteroatoms. The van der Waals surface area contributed by atoms with E-state index in [1.54, 1.807) is 25.3 Å². The number of hydrogen-bond donors (Lipinski definition) is 1. The van der Waals surface area contributed by atoms with Crippen molar-refractivity contribution in [1.82, 2.24) is 0 Å². The molecule has 1 N–H and O–H groups in total. The Labute approximate surface area is 174 Å². The Morgan fingerprint density at radius 1 is 0.967 bits per heavy atom. The standard InChI is InChI=1S/C25H22O5/c1-15-20-9-7-18(17-6-4-5-16(11-17)14-26)12-23(20)30-25(15)24(27)21-10-8-19(28-2)13-22(21)29-3/h4-13,26H,14H2,1-3H3. The van der Waals surface area contributed by atoms with Crippen LogP contribution in [0, 0.1) is 6.92 Å². The highest BCUT2D eigenvalue weighted by atomic mass is 16.5. The van der Waals surface area contributed by atoms with Gasteiger partial charge in [0, 0.05) is 17.0 Å². The Bertz CT molecular complexity index is 1240. The average molecular weight is 402 g/mol. The minimum absolute atomic E-state index is 0.0156. The van der Waals surface area contributed by atoms with Gasteiger partial charge in [-0.2, -0.15) is 0 Å². The first-order chi connectivity index (χ1) is 14.5. The quantitative estimate of drug-likeness (QED) is 0.452. The second-order valence-corrected chi connectivity index (χ2v) is 7.02. The van der Waals surface area contributed by atoms with E-state index >= 15 is 0 Å². The van der Waals surface area contributed by atoms with Gasteiger partial charge in [-0.25, -0.2) is 0 Å². The van der Waals surface area contributed by atoms with Crippen LogP contribution in [0.15, 0.2) is 65.1 Å². The summed E-state index contributed by atoms with van der Waals surface area (Å²) in [7, 11) is 3.08. The zero-order valence-electron chi connectivity index (χ0n) is 17.1. The Kier molecular flexibility index (Phi) is 5.29. The molecule has 0 aliphatic carbocycles. The number of fused-ring (bicyclic) bond motifs is 1. The van der Waals surface area contributed by atoms with Gasteiger partial charge in [-0.1, -0.05) is 30.3 Å². The molecule has 0 saturated heterocycles. The molecule has 5 nitrogen and oxygen atoms in total. The summed E-state index contributed by atoms with van der Waals surface area (Å²) in [5, 5.41) is 10.3. The van der Waals surface area contributed by atoms with Crippen LogP contribution in [0.4, 0.5) is 0 Å². The fourth-order valence-electron chi connectivity index (χ4n) is 3.58. The van der Waals surface area contributed by atoms with Gasteiger partial charge >= 0.3 is 0 Å². The van der Waals surface area contributed by atoms with E-state index in [0.29, 0.717) is 22.6 Å². The van der Waals surface area contributed by atoms with Crippen LogP contribution in [-0.2, 0) is 6.61 Å². The lowest BCUT2D eigenvalue weighted by atomic mass is 10.0. The third kappa shape index (κ3) is 3.44. The lowest BCUT2D eigenvalue weighted by Gasteiger charge is -2.08. The third-order valence-electron chi connectivity index (χ3n) is 5.24. The van der Waals surface area contributed by atoms with E-state index in [4.69, 9.17) is 13.9 Å². The summed E-state index contributed by atoms with van der Waals surface area (Å²) in [5.74, 6) is 1.09. The van der Waals surface area contributed by atoms with Crippen molar-refractivity contribution in [2.45, 2.75) is 13.5 Å². The number of carbonyl (C=O) groups is 1. The van der Waals surface area contributed by atoms with Crippen LogP contribution in [0.25, 0.3) is 22.1 Å². The lowest BCUT2D eigenvalue weighted by Crippen LogP contribution is -2.04. The summed E-state index contributed by atoms with van der Waals surface area (Å²) in [5.41, 5.74) is 4.59. The Balaban J connectivity index is 1.77. The van der Waals surface area contributed by atoms with Crippen LogP contribution in [-0.4, -0.2) is 25.1 Å². The molecule has 152 valence electrons. The lowest BCUT2D eigenvalue weighted by molar-refractivity contribution is 0.101. The zero-order chi connectivity index (χ0) is 21.3. The predicted molar refractivity (Wildman–Crippen MR) is 115 cm³/mol. The molecule has 0 aliphatic heterocycles. The number of rotatable bonds is 6. The second kappa shape index (κ2) is 8.05. The number of benzene rings is 3. The van der Waals surface area contributed by atoms with Crippen molar-refractivity contribution >= 4 is 16.8 Å². The van der Waals surface area contributed by atoms with E-state index in [-0.39, 0.29) is 18.2 Å². The van der Waals surface area contributed by atoms with Crippen LogP contribution >= 0.6 is 0 Å². The number of ether oxygens (including phenoxy) is 2. The highest BCUT2D eigenvalue weighted by molar-refractivity contribution is 6.12. The SMILES string of the molecule is COc1ccc(C(=O)c2oc3cc(-c4cccc(CO)c4)ccc3c2C)c(OC)c1. The van der Waals surface area contributed by atoms with Crippen LogP contribution in [0.5, 0.6) is 11.5 Å². The number of furan rings is 1. The molecule has 30 heavy (non-hydrogen) atoms. The van der Waals surface area contributed by atoms with Crippen molar-refractivity contribution in [3.8, 4) is 22.6 Å². The number of aliphatic hydroxyl groups is 1. The van der Waals surface area contributed by atoms with Crippen molar-refractivity contribution in [2.24, 2.45) is 0 Å². The van der Waals surface area contributed by atoms with Gasteiger partial charge < -0.3 is 19.0 Å². The number of methoxy groups -OCH3 is 2. The molecule has 0 fully saturated rings. The smallest absolute Gasteiger partial charge is 0.232 e. The van der Waals surface area contributed by atoms with Gasteiger partial charge in [0.2, 0.25) is 5.78 Å². The molecular formula is C25H22O5. The van der Waals surface area contributed by atoms with Crippen LogP contribution < -0.4 is 9.47 Å². The first kappa shape index (κ1) is 19.7. The summed E-state index contributed by atoms with van der Waals surface area (Å²) in [6.45, 7) is 1.86. The third-order valence-corrected chi connectivity index (χ3v) is 5.24. The fraction of sp³-hybridized carbons (Fsp3) is 0.160. The maximum absolute atomic E-state index is 13.2. The molecule has 4 rings (SSSR count). The van der Waals surface area contributed by atoms with Gasteiger partial charge in [0.05, 0.1) is 26.4 Å². The molecule has 0 radical (unpaired) electrons. The van der Waals surface area contributed by atoms with E-state index in [2.05, 4.69) is 0 Å². The summed E-state index contributed by atoms with van der Waals surface area (Å²) >= 11 is 0. The number of aliphatic hydroxyl groups excluding tert-OH is 1. The molecule has 4 aromatic rings. The topological polar surface area (TPSA) is 68.9 Å².